The minimum absolute atomic E-state index is 0.200. The Balaban J connectivity index is 2.54. The lowest BCUT2D eigenvalue weighted by Crippen LogP contribution is -1.95. The summed E-state index contributed by atoms with van der Waals surface area (Å²) >= 11 is 0. The summed E-state index contributed by atoms with van der Waals surface area (Å²) in [6.07, 6.45) is 0. The molecule has 0 radical (unpaired) electrons. The Labute approximate surface area is 94.2 Å². The van der Waals surface area contributed by atoms with Crippen molar-refractivity contribution >= 4 is 5.82 Å². The minimum atomic E-state index is -0.200. The molecule has 2 rings (SSSR count). The normalized spacial score (nSPS) is 10.2. The number of hydrogen-bond acceptors (Lipinski definition) is 2. The molecule has 0 aliphatic carbocycles. The van der Waals surface area contributed by atoms with Crippen molar-refractivity contribution < 1.29 is 4.39 Å². The first kappa shape index (κ1) is 10.6. The van der Waals surface area contributed by atoms with E-state index in [1.165, 1.54) is 6.07 Å². The van der Waals surface area contributed by atoms with Crippen LogP contribution in [0.2, 0.25) is 0 Å². The SMILES string of the molecule is CNc1cccc(-c2cccc(F)c2C)n1. The molecule has 0 bridgehead atoms. The van der Waals surface area contributed by atoms with Gasteiger partial charge in [0.15, 0.2) is 0 Å². The summed E-state index contributed by atoms with van der Waals surface area (Å²) in [6.45, 7) is 1.76. The average molecular weight is 216 g/mol. The van der Waals surface area contributed by atoms with Gasteiger partial charge in [-0.05, 0) is 30.7 Å². The van der Waals surface area contributed by atoms with Crippen LogP contribution >= 0.6 is 0 Å². The largest absolute Gasteiger partial charge is 0.373 e. The van der Waals surface area contributed by atoms with Crippen molar-refractivity contribution in [2.45, 2.75) is 6.92 Å². The number of rotatable bonds is 2. The van der Waals surface area contributed by atoms with Crippen LogP contribution in [0.4, 0.5) is 10.2 Å². The molecule has 0 amide bonds. The molecule has 82 valence electrons. The second-order valence-electron chi connectivity index (χ2n) is 3.57. The molecule has 0 aliphatic heterocycles. The fraction of sp³-hybridized carbons (Fsp3) is 0.154. The summed E-state index contributed by atoms with van der Waals surface area (Å²) in [6, 6.07) is 10.7. The number of aromatic nitrogens is 1. The van der Waals surface area contributed by atoms with Crippen molar-refractivity contribution in [3.63, 3.8) is 0 Å². The highest BCUT2D eigenvalue weighted by Crippen LogP contribution is 2.24. The fourth-order valence-electron chi connectivity index (χ4n) is 1.61. The van der Waals surface area contributed by atoms with Crippen molar-refractivity contribution in [1.82, 2.24) is 4.98 Å². The van der Waals surface area contributed by atoms with E-state index in [-0.39, 0.29) is 5.82 Å². The Hall–Kier alpha value is -1.90. The third kappa shape index (κ3) is 1.89. The Bertz CT molecular complexity index is 509. The standard InChI is InChI=1S/C13H13FN2/c1-9-10(5-3-6-11(9)14)12-7-4-8-13(15-2)16-12/h3-8H,1-2H3,(H,15,16). The highest BCUT2D eigenvalue weighted by molar-refractivity contribution is 5.65. The van der Waals surface area contributed by atoms with Gasteiger partial charge in [-0.25, -0.2) is 9.37 Å². The first-order valence-electron chi connectivity index (χ1n) is 5.12. The van der Waals surface area contributed by atoms with Crippen LogP contribution < -0.4 is 5.32 Å². The number of nitrogens with zero attached hydrogens (tertiary/aromatic N) is 1. The highest BCUT2D eigenvalue weighted by Gasteiger charge is 2.06. The number of halogens is 1. The summed E-state index contributed by atoms with van der Waals surface area (Å²) in [4.78, 5) is 4.39. The number of nitrogens with one attached hydrogen (secondary N) is 1. The maximum atomic E-state index is 13.4. The molecule has 1 aromatic carbocycles. The third-order valence-corrected chi connectivity index (χ3v) is 2.55. The van der Waals surface area contributed by atoms with Gasteiger partial charge >= 0.3 is 0 Å². The fourth-order valence-corrected chi connectivity index (χ4v) is 1.61. The van der Waals surface area contributed by atoms with Gasteiger partial charge < -0.3 is 5.32 Å². The maximum Gasteiger partial charge on any atom is 0.126 e. The van der Waals surface area contributed by atoms with E-state index < -0.39 is 0 Å². The molecule has 1 aromatic heterocycles. The molecular weight excluding hydrogens is 203 g/mol. The molecule has 16 heavy (non-hydrogen) atoms. The van der Waals surface area contributed by atoms with Crippen LogP contribution in [0.15, 0.2) is 36.4 Å². The van der Waals surface area contributed by atoms with E-state index >= 15 is 0 Å². The Morgan fingerprint density at radius 2 is 1.88 bits per heavy atom. The van der Waals surface area contributed by atoms with Gasteiger partial charge in [0.2, 0.25) is 0 Å². The van der Waals surface area contributed by atoms with Gasteiger partial charge in [-0.15, -0.1) is 0 Å². The lowest BCUT2D eigenvalue weighted by molar-refractivity contribution is 0.619. The van der Waals surface area contributed by atoms with Crippen molar-refractivity contribution in [2.75, 3.05) is 12.4 Å². The van der Waals surface area contributed by atoms with Gasteiger partial charge in [0, 0.05) is 12.6 Å². The monoisotopic (exact) mass is 216 g/mol. The molecule has 0 saturated carbocycles. The van der Waals surface area contributed by atoms with Crippen molar-refractivity contribution in [1.29, 1.82) is 0 Å². The third-order valence-electron chi connectivity index (χ3n) is 2.55. The molecule has 2 nitrogen and oxygen atoms in total. The average Bonchev–Trinajstić information content (AvgIpc) is 2.33. The zero-order valence-electron chi connectivity index (χ0n) is 9.29. The topological polar surface area (TPSA) is 24.9 Å². The van der Waals surface area contributed by atoms with Gasteiger partial charge in [-0.3, -0.25) is 0 Å². The van der Waals surface area contributed by atoms with Crippen LogP contribution in [-0.2, 0) is 0 Å². The van der Waals surface area contributed by atoms with Crippen LogP contribution in [0.3, 0.4) is 0 Å². The predicted octanol–water partition coefficient (Wildman–Crippen LogP) is 3.24. The lowest BCUT2D eigenvalue weighted by Gasteiger charge is -2.07. The van der Waals surface area contributed by atoms with Crippen LogP contribution in [0.25, 0.3) is 11.3 Å². The number of pyridine rings is 1. The van der Waals surface area contributed by atoms with E-state index in [0.29, 0.717) is 5.56 Å². The summed E-state index contributed by atoms with van der Waals surface area (Å²) in [5.74, 6) is 0.579. The molecule has 1 N–H and O–H groups in total. The van der Waals surface area contributed by atoms with Crippen LogP contribution in [0, 0.1) is 12.7 Å². The van der Waals surface area contributed by atoms with E-state index in [2.05, 4.69) is 10.3 Å². The molecule has 0 aliphatic rings. The first-order valence-corrected chi connectivity index (χ1v) is 5.12. The van der Waals surface area contributed by atoms with Crippen LogP contribution in [0.1, 0.15) is 5.56 Å². The quantitative estimate of drug-likeness (QED) is 0.833. The van der Waals surface area contributed by atoms with Crippen LogP contribution in [-0.4, -0.2) is 12.0 Å². The smallest absolute Gasteiger partial charge is 0.126 e. The lowest BCUT2D eigenvalue weighted by atomic mass is 10.0. The molecule has 0 saturated heterocycles. The molecule has 0 atom stereocenters. The van der Waals surface area contributed by atoms with E-state index in [9.17, 15) is 4.39 Å². The molecular formula is C13H13FN2. The summed E-state index contributed by atoms with van der Waals surface area (Å²) in [5.41, 5.74) is 2.24. The predicted molar refractivity (Wildman–Crippen MR) is 63.9 cm³/mol. The van der Waals surface area contributed by atoms with E-state index in [4.69, 9.17) is 0 Å². The molecule has 0 fully saturated rings. The van der Waals surface area contributed by atoms with Gasteiger partial charge in [0.05, 0.1) is 5.69 Å². The maximum absolute atomic E-state index is 13.4. The van der Waals surface area contributed by atoms with Gasteiger partial charge in [0.1, 0.15) is 11.6 Å². The van der Waals surface area contributed by atoms with E-state index in [1.807, 2.05) is 31.3 Å². The Morgan fingerprint density at radius 3 is 2.62 bits per heavy atom. The molecule has 0 unspecified atom stereocenters. The molecule has 0 spiro atoms. The van der Waals surface area contributed by atoms with E-state index in [0.717, 1.165) is 17.1 Å². The van der Waals surface area contributed by atoms with Crippen molar-refractivity contribution in [2.24, 2.45) is 0 Å². The zero-order chi connectivity index (χ0) is 11.5. The van der Waals surface area contributed by atoms with Gasteiger partial charge in [-0.2, -0.15) is 0 Å². The molecule has 1 heterocycles. The van der Waals surface area contributed by atoms with Crippen LogP contribution in [0.5, 0.6) is 0 Å². The Kier molecular flexibility index (Phi) is 2.86. The minimum Gasteiger partial charge on any atom is -0.373 e. The zero-order valence-corrected chi connectivity index (χ0v) is 9.29. The Morgan fingerprint density at radius 1 is 1.12 bits per heavy atom. The first-order chi connectivity index (χ1) is 7.72. The number of benzene rings is 1. The molecule has 2 aromatic rings. The number of anilines is 1. The summed E-state index contributed by atoms with van der Waals surface area (Å²) in [5, 5.41) is 2.97. The summed E-state index contributed by atoms with van der Waals surface area (Å²) in [7, 11) is 1.81. The highest BCUT2D eigenvalue weighted by atomic mass is 19.1. The second kappa shape index (κ2) is 4.31. The summed E-state index contributed by atoms with van der Waals surface area (Å²) < 4.78 is 13.4. The van der Waals surface area contributed by atoms with Crippen molar-refractivity contribution in [3.05, 3.63) is 47.8 Å². The van der Waals surface area contributed by atoms with Crippen molar-refractivity contribution in [3.8, 4) is 11.3 Å². The van der Waals surface area contributed by atoms with E-state index in [1.54, 1.807) is 13.0 Å². The number of hydrogen-bond donors (Lipinski definition) is 1. The van der Waals surface area contributed by atoms with Gasteiger partial charge in [-0.1, -0.05) is 18.2 Å². The van der Waals surface area contributed by atoms with Gasteiger partial charge in [0.25, 0.3) is 0 Å². The second-order valence-corrected chi connectivity index (χ2v) is 3.57. The molecule has 3 heteroatoms.